The summed E-state index contributed by atoms with van der Waals surface area (Å²) in [5, 5.41) is 54.0. The Hall–Kier alpha value is -14.1. The fourth-order valence-electron chi connectivity index (χ4n) is 10.6. The number of benzene rings is 5. The van der Waals surface area contributed by atoms with Crippen LogP contribution in [0.15, 0.2) is 140 Å². The Morgan fingerprint density at radius 2 is 0.806 bits per heavy atom. The summed E-state index contributed by atoms with van der Waals surface area (Å²) < 4.78 is 21.4. The van der Waals surface area contributed by atoms with Crippen LogP contribution >= 0.6 is 0 Å². The van der Waals surface area contributed by atoms with Gasteiger partial charge in [-0.1, -0.05) is 81.3 Å². The highest BCUT2D eigenvalue weighted by molar-refractivity contribution is 5.98. The van der Waals surface area contributed by atoms with E-state index in [9.17, 15) is 38.4 Å². The zero-order valence-corrected chi connectivity index (χ0v) is 59.1. The molecule has 6 amide bonds. The number of amides is 6. The second-order valence-electron chi connectivity index (χ2n) is 25.5. The molecule has 0 spiro atoms. The fraction of sp³-hybridized carbons (Fsp3) is 0.264. The number of ether oxygens (including phenoxy) is 4. The van der Waals surface area contributed by atoms with Crippen molar-refractivity contribution in [1.82, 2.24) is 106 Å². The average Bonchev–Trinajstić information content (AvgIpc) is 0.929. The molecule has 9 heterocycles. The van der Waals surface area contributed by atoms with Crippen molar-refractivity contribution in [2.75, 3.05) is 35.8 Å². The van der Waals surface area contributed by atoms with Crippen LogP contribution in [-0.4, -0.2) is 163 Å². The predicted molar refractivity (Wildman–Crippen MR) is 382 cm³/mol. The summed E-state index contributed by atoms with van der Waals surface area (Å²) in [5.41, 5.74) is 7.91. The molecule has 6 N–H and O–H groups in total. The molecule has 0 radical (unpaired) electrons. The fourth-order valence-corrected chi connectivity index (χ4v) is 10.6. The standard InChI is InChI=1S/C27H26N8O5.C24H20N8O4.C21H24N8O3/c1-27(2,3)40-26(38)18-7-4-16(5-8-18)13-35-33-24(32-34-35)20-11-21(30-15-29-20)25(37)28-12-17-6-9-22-19(10-17)31-23(36)14-39-22;1-14(33)17-5-2-15(3-6-17)11-32-30-23(29-31-32)19-9-20(27-13-26-19)24(35)25-10-16-4-7-21-18(8-16)28-22(34)12-36-21;1-3-13(4-2)10-29-27-20(26-28-29)16-8-17(24-12-23-16)21(31)22-9-14-5-6-18-15(7-14)25-19(30)11-32-18/h4-11,15H,12-14H2,1-3H3,(H,28,37)(H,31,36);2-9,13H,10-12H2,1H3,(H,25,35)(H,28,34);5-8,12-13H,3-4,9-11H2,1-2H3,(H,22,31)(H,25,30). The van der Waals surface area contributed by atoms with E-state index in [0.29, 0.717) is 93.9 Å². The van der Waals surface area contributed by atoms with Gasteiger partial charge in [0.05, 0.1) is 42.3 Å². The Balaban J connectivity index is 0.000000152. The van der Waals surface area contributed by atoms with Gasteiger partial charge in [0.15, 0.2) is 25.6 Å². The molecular formula is C72H70N24O12. The first-order valence-corrected chi connectivity index (χ1v) is 33.9. The third-order valence-corrected chi connectivity index (χ3v) is 16.3. The number of hydrogen-bond acceptors (Lipinski definition) is 27. The number of esters is 1. The normalized spacial score (nSPS) is 12.6. The first-order chi connectivity index (χ1) is 52.1. The van der Waals surface area contributed by atoms with Gasteiger partial charge in [-0.05, 0) is 144 Å². The second kappa shape index (κ2) is 33.6. The Morgan fingerprint density at radius 3 is 1.16 bits per heavy atom. The van der Waals surface area contributed by atoms with Gasteiger partial charge in [0.25, 0.3) is 35.4 Å². The monoisotopic (exact) mass is 1460 g/mol. The summed E-state index contributed by atoms with van der Waals surface area (Å²) in [6.07, 6.45) is 5.89. The predicted octanol–water partition coefficient (Wildman–Crippen LogP) is 5.86. The Kier molecular flexibility index (Phi) is 22.9. The number of nitrogens with zero attached hydrogens (tertiary/aromatic N) is 18. The van der Waals surface area contributed by atoms with Crippen LogP contribution in [-0.2, 0) is 58.4 Å². The smallest absolute Gasteiger partial charge is 0.338 e. The molecule has 550 valence electrons. The number of fused-ring (bicyclic) bond motifs is 3. The summed E-state index contributed by atoms with van der Waals surface area (Å²) in [6.45, 7) is 13.2. The summed E-state index contributed by atoms with van der Waals surface area (Å²) in [4.78, 5) is 125. The number of tetrazole rings is 3. The number of ketones is 1. The first-order valence-electron chi connectivity index (χ1n) is 33.9. The molecule has 36 nitrogen and oxygen atoms in total. The van der Waals surface area contributed by atoms with E-state index in [1.807, 2.05) is 39.0 Å². The van der Waals surface area contributed by atoms with Gasteiger partial charge in [-0.15, -0.1) is 30.6 Å². The van der Waals surface area contributed by atoms with Crippen molar-refractivity contribution in [3.8, 4) is 51.8 Å². The van der Waals surface area contributed by atoms with E-state index in [1.165, 1.54) is 53.7 Å². The molecule has 14 rings (SSSR count). The maximum atomic E-state index is 12.8. The van der Waals surface area contributed by atoms with E-state index in [4.69, 9.17) is 18.9 Å². The topological polar surface area (TPSA) is 454 Å². The molecule has 0 saturated heterocycles. The molecule has 0 unspecified atom stereocenters. The van der Waals surface area contributed by atoms with Crippen LogP contribution in [0, 0.1) is 5.92 Å². The molecule has 0 saturated carbocycles. The number of hydrogen-bond donors (Lipinski definition) is 6. The molecule has 11 aromatic rings. The van der Waals surface area contributed by atoms with Crippen molar-refractivity contribution in [2.45, 2.75) is 99.3 Å². The lowest BCUT2D eigenvalue weighted by Crippen LogP contribution is -2.26. The molecule has 3 aliphatic rings. The van der Waals surface area contributed by atoms with Crippen LogP contribution < -0.4 is 46.1 Å². The molecule has 0 aliphatic carbocycles. The number of Topliss-reactive ketones (excluding diaryl/α,β-unsaturated/α-hetero) is 1. The van der Waals surface area contributed by atoms with E-state index < -0.39 is 23.4 Å². The number of carbonyl (C=O) groups is 8. The van der Waals surface area contributed by atoms with Gasteiger partial charge < -0.3 is 50.8 Å². The Labute approximate surface area is 614 Å². The number of nitrogens with one attached hydrogen (secondary N) is 6. The van der Waals surface area contributed by atoms with Crippen molar-refractivity contribution >= 4 is 64.3 Å². The molecule has 0 fully saturated rings. The van der Waals surface area contributed by atoms with E-state index in [1.54, 1.807) is 89.7 Å². The lowest BCUT2D eigenvalue weighted by molar-refractivity contribution is -0.119. The van der Waals surface area contributed by atoms with Crippen LogP contribution in [0.25, 0.3) is 34.6 Å². The minimum atomic E-state index is -0.573. The van der Waals surface area contributed by atoms with Crippen molar-refractivity contribution in [2.24, 2.45) is 5.92 Å². The molecule has 3 aliphatic heterocycles. The van der Waals surface area contributed by atoms with Crippen LogP contribution in [0.5, 0.6) is 17.2 Å². The van der Waals surface area contributed by atoms with Gasteiger partial charge >= 0.3 is 5.97 Å². The largest absolute Gasteiger partial charge is 0.482 e. The van der Waals surface area contributed by atoms with E-state index in [2.05, 4.69) is 122 Å². The minimum absolute atomic E-state index is 0.000462. The van der Waals surface area contributed by atoms with Gasteiger partial charge in [-0.3, -0.25) is 33.6 Å². The molecule has 36 heteroatoms. The maximum absolute atomic E-state index is 12.8. The summed E-state index contributed by atoms with van der Waals surface area (Å²) >= 11 is 0. The van der Waals surface area contributed by atoms with Crippen LogP contribution in [0.1, 0.15) is 134 Å². The Bertz CT molecular complexity index is 5170. The van der Waals surface area contributed by atoms with Gasteiger partial charge in [0, 0.05) is 25.2 Å². The zero-order chi connectivity index (χ0) is 75.8. The van der Waals surface area contributed by atoms with Gasteiger partial charge in [0.1, 0.15) is 76.0 Å². The summed E-state index contributed by atoms with van der Waals surface area (Å²) in [6, 6.07) is 34.5. The highest BCUT2D eigenvalue weighted by Gasteiger charge is 2.24. The highest BCUT2D eigenvalue weighted by Crippen LogP contribution is 2.31. The summed E-state index contributed by atoms with van der Waals surface area (Å²) in [7, 11) is 0. The number of aromatic nitrogens is 18. The Morgan fingerprint density at radius 1 is 0.463 bits per heavy atom. The van der Waals surface area contributed by atoms with Gasteiger partial charge in [-0.25, -0.2) is 34.7 Å². The van der Waals surface area contributed by atoms with Crippen LogP contribution in [0.3, 0.4) is 0 Å². The highest BCUT2D eigenvalue weighted by atomic mass is 16.6. The van der Waals surface area contributed by atoms with E-state index in [0.717, 1.165) is 40.7 Å². The minimum Gasteiger partial charge on any atom is -0.482 e. The van der Waals surface area contributed by atoms with Crippen molar-refractivity contribution < 1.29 is 57.3 Å². The van der Waals surface area contributed by atoms with Crippen LogP contribution in [0.2, 0.25) is 0 Å². The molecule has 0 atom stereocenters. The molecule has 5 aromatic carbocycles. The van der Waals surface area contributed by atoms with Crippen LogP contribution in [0.4, 0.5) is 17.1 Å². The van der Waals surface area contributed by atoms with Crippen molar-refractivity contribution in [3.63, 3.8) is 0 Å². The molecule has 0 bridgehead atoms. The quantitative estimate of drug-likeness (QED) is 0.0341. The van der Waals surface area contributed by atoms with Gasteiger partial charge in [0.2, 0.25) is 17.5 Å². The molecular weight excluding hydrogens is 1390 g/mol. The lowest BCUT2D eigenvalue weighted by atomic mass is 10.0. The van der Waals surface area contributed by atoms with Crippen molar-refractivity contribution in [1.29, 1.82) is 0 Å². The van der Waals surface area contributed by atoms with Gasteiger partial charge in [-0.2, -0.15) is 14.4 Å². The first kappa shape index (κ1) is 73.7. The lowest BCUT2D eigenvalue weighted by Gasteiger charge is -2.19. The van der Waals surface area contributed by atoms with E-state index in [-0.39, 0.29) is 97.6 Å². The average molecular weight is 1460 g/mol. The molecule has 6 aromatic heterocycles. The molecule has 108 heavy (non-hydrogen) atoms. The maximum Gasteiger partial charge on any atom is 0.338 e. The number of carbonyl (C=O) groups excluding carboxylic acids is 8. The number of anilines is 3. The zero-order valence-electron chi connectivity index (χ0n) is 59.1. The third kappa shape index (κ3) is 19.6. The van der Waals surface area contributed by atoms with Crippen molar-refractivity contribution in [3.05, 3.63) is 196 Å². The SMILES string of the molecule is CC(=O)c1ccc(Cn2nnc(-c3cc(C(=O)NCc4ccc5c(c4)NC(=O)CO5)ncn3)n2)cc1.CC(C)(C)OC(=O)c1ccc(Cn2nnc(-c3cc(C(=O)NCc4ccc5c(c4)NC(=O)CO5)ncn3)n2)cc1.CCC(CC)Cn1nnc(-c2cc(C(=O)NCc3ccc4c(c3)NC(=O)CO4)ncn2)n1. The third-order valence-electron chi connectivity index (χ3n) is 16.3. The van der Waals surface area contributed by atoms with E-state index >= 15 is 0 Å². The number of rotatable bonds is 22. The second-order valence-corrected chi connectivity index (χ2v) is 25.5. The summed E-state index contributed by atoms with van der Waals surface area (Å²) in [5.74, 6) is 0.804.